The van der Waals surface area contributed by atoms with E-state index in [1.165, 1.54) is 17.0 Å². The van der Waals surface area contributed by atoms with Crippen LogP contribution in [0.5, 0.6) is 0 Å². The van der Waals surface area contributed by atoms with Gasteiger partial charge in [-0.3, -0.25) is 14.4 Å². The van der Waals surface area contributed by atoms with Gasteiger partial charge in [-0.2, -0.15) is 0 Å². The Balaban J connectivity index is 1.82. The Kier molecular flexibility index (Phi) is 7.76. The maximum Gasteiger partial charge on any atom is 0.269 e. The third kappa shape index (κ3) is 5.20. The zero-order valence-corrected chi connectivity index (χ0v) is 20.0. The molecule has 1 N–H and O–H groups in total. The fourth-order valence-electron chi connectivity index (χ4n) is 3.79. The Labute approximate surface area is 198 Å². The number of carbonyl (C=O) groups excluding carboxylic acids is 3. The molecule has 0 spiro atoms. The lowest BCUT2D eigenvalue weighted by molar-refractivity contribution is -0.141. The number of hydrogen-bond donors (Lipinski definition) is 1. The standard InChI is InChI=1S/C23H26ClN3O5S/c1-3-19(22(29)25-4-2)26(15-16-9-11-17(24)12-10-16)21(28)13-14-27-23(30)18-7-5-6-8-20(18)33(27,31)32/h5-12,19H,3-4,13-15H2,1-2H3,(H,25,29)/t19-/m1/s1. The number of nitrogens with one attached hydrogen (secondary N) is 1. The molecular weight excluding hydrogens is 466 g/mol. The lowest BCUT2D eigenvalue weighted by Gasteiger charge is -2.31. The second-order valence-corrected chi connectivity index (χ2v) is 9.86. The van der Waals surface area contributed by atoms with Gasteiger partial charge < -0.3 is 10.2 Å². The number of likely N-dealkylation sites (N-methyl/N-ethyl adjacent to an activating group) is 1. The summed E-state index contributed by atoms with van der Waals surface area (Å²) in [5.41, 5.74) is 0.865. The lowest BCUT2D eigenvalue weighted by Crippen LogP contribution is -2.49. The third-order valence-electron chi connectivity index (χ3n) is 5.44. The molecule has 2 aromatic rings. The number of hydrogen-bond acceptors (Lipinski definition) is 5. The van der Waals surface area contributed by atoms with Crippen LogP contribution >= 0.6 is 11.6 Å². The van der Waals surface area contributed by atoms with Gasteiger partial charge in [0.15, 0.2) is 0 Å². The zero-order chi connectivity index (χ0) is 24.2. The number of rotatable bonds is 9. The molecule has 1 aliphatic rings. The molecule has 0 saturated carbocycles. The van der Waals surface area contributed by atoms with Gasteiger partial charge in [0.2, 0.25) is 11.8 Å². The largest absolute Gasteiger partial charge is 0.355 e. The normalized spacial score (nSPS) is 15.1. The van der Waals surface area contributed by atoms with E-state index in [1.54, 1.807) is 50.2 Å². The van der Waals surface area contributed by atoms with Gasteiger partial charge in [-0.15, -0.1) is 0 Å². The number of carbonyl (C=O) groups is 3. The molecule has 3 rings (SSSR count). The Bertz CT molecular complexity index is 1150. The summed E-state index contributed by atoms with van der Waals surface area (Å²) in [6, 6.07) is 12.1. The fraction of sp³-hybridized carbons (Fsp3) is 0.348. The van der Waals surface area contributed by atoms with Crippen LogP contribution in [0.15, 0.2) is 53.4 Å². The Morgan fingerprint density at radius 2 is 1.76 bits per heavy atom. The topological polar surface area (TPSA) is 104 Å². The van der Waals surface area contributed by atoms with E-state index >= 15 is 0 Å². The third-order valence-corrected chi connectivity index (χ3v) is 7.54. The molecule has 10 heteroatoms. The van der Waals surface area contributed by atoms with E-state index in [1.807, 2.05) is 0 Å². The van der Waals surface area contributed by atoms with Crippen LogP contribution in [0.25, 0.3) is 0 Å². The first kappa shape index (κ1) is 24.7. The number of benzene rings is 2. The summed E-state index contributed by atoms with van der Waals surface area (Å²) in [7, 11) is -4.01. The first-order valence-corrected chi connectivity index (χ1v) is 12.5. The van der Waals surface area contributed by atoms with E-state index in [2.05, 4.69) is 5.32 Å². The number of sulfonamides is 1. The summed E-state index contributed by atoms with van der Waals surface area (Å²) in [6.45, 7) is 3.84. The van der Waals surface area contributed by atoms with Gasteiger partial charge in [0.25, 0.3) is 15.9 Å². The molecule has 0 unspecified atom stereocenters. The van der Waals surface area contributed by atoms with Crippen LogP contribution in [-0.4, -0.2) is 54.5 Å². The van der Waals surface area contributed by atoms with Crippen LogP contribution in [0, 0.1) is 0 Å². The molecule has 0 fully saturated rings. The van der Waals surface area contributed by atoms with Gasteiger partial charge in [-0.1, -0.05) is 42.8 Å². The summed E-state index contributed by atoms with van der Waals surface area (Å²) in [5.74, 6) is -1.37. The SMILES string of the molecule is CCNC(=O)[C@@H](CC)N(Cc1ccc(Cl)cc1)C(=O)CCN1C(=O)c2ccccc2S1(=O)=O. The highest BCUT2D eigenvalue weighted by molar-refractivity contribution is 7.90. The van der Waals surface area contributed by atoms with E-state index < -0.39 is 27.9 Å². The number of fused-ring (bicyclic) bond motifs is 1. The molecule has 0 saturated heterocycles. The highest BCUT2D eigenvalue weighted by Gasteiger charge is 2.41. The summed E-state index contributed by atoms with van der Waals surface area (Å²) < 4.78 is 26.3. The van der Waals surface area contributed by atoms with Crippen molar-refractivity contribution in [2.45, 2.75) is 44.2 Å². The molecule has 0 radical (unpaired) electrons. The summed E-state index contributed by atoms with van der Waals surface area (Å²) >= 11 is 5.95. The number of nitrogens with zero attached hydrogens (tertiary/aromatic N) is 2. The van der Waals surface area contributed by atoms with Crippen LogP contribution in [0.2, 0.25) is 5.02 Å². The van der Waals surface area contributed by atoms with E-state index in [-0.39, 0.29) is 35.9 Å². The van der Waals surface area contributed by atoms with E-state index in [9.17, 15) is 22.8 Å². The molecule has 1 aliphatic heterocycles. The maximum atomic E-state index is 13.3. The van der Waals surface area contributed by atoms with Crippen LogP contribution in [0.4, 0.5) is 0 Å². The van der Waals surface area contributed by atoms with Crippen molar-refractivity contribution in [1.29, 1.82) is 0 Å². The summed E-state index contributed by atoms with van der Waals surface area (Å²) in [6.07, 6.45) is 0.125. The summed E-state index contributed by atoms with van der Waals surface area (Å²) in [4.78, 5) is 39.9. The van der Waals surface area contributed by atoms with Crippen molar-refractivity contribution in [2.75, 3.05) is 13.1 Å². The van der Waals surface area contributed by atoms with E-state index in [0.29, 0.717) is 18.0 Å². The average Bonchev–Trinajstić information content (AvgIpc) is 2.99. The van der Waals surface area contributed by atoms with Crippen molar-refractivity contribution in [3.63, 3.8) is 0 Å². The molecule has 1 heterocycles. The van der Waals surface area contributed by atoms with E-state index in [4.69, 9.17) is 11.6 Å². The number of halogens is 1. The van der Waals surface area contributed by atoms with Gasteiger partial charge in [-0.25, -0.2) is 12.7 Å². The molecule has 3 amide bonds. The average molecular weight is 492 g/mol. The minimum absolute atomic E-state index is 0.0609. The monoisotopic (exact) mass is 491 g/mol. The predicted molar refractivity (Wildman–Crippen MR) is 124 cm³/mol. The van der Waals surface area contributed by atoms with Gasteiger partial charge in [-0.05, 0) is 43.2 Å². The van der Waals surface area contributed by atoms with Crippen molar-refractivity contribution in [2.24, 2.45) is 0 Å². The second kappa shape index (κ2) is 10.4. The van der Waals surface area contributed by atoms with Crippen molar-refractivity contribution < 1.29 is 22.8 Å². The van der Waals surface area contributed by atoms with Crippen molar-refractivity contribution in [3.05, 3.63) is 64.7 Å². The van der Waals surface area contributed by atoms with Gasteiger partial charge in [0, 0.05) is 31.1 Å². The molecule has 2 aromatic carbocycles. The molecule has 33 heavy (non-hydrogen) atoms. The first-order chi connectivity index (χ1) is 15.7. The zero-order valence-electron chi connectivity index (χ0n) is 18.5. The maximum absolute atomic E-state index is 13.3. The molecule has 176 valence electrons. The van der Waals surface area contributed by atoms with E-state index in [0.717, 1.165) is 9.87 Å². The van der Waals surface area contributed by atoms with Gasteiger partial charge >= 0.3 is 0 Å². The first-order valence-electron chi connectivity index (χ1n) is 10.7. The fourth-order valence-corrected chi connectivity index (χ4v) is 5.49. The molecular formula is C23H26ClN3O5S. The highest BCUT2D eigenvalue weighted by Crippen LogP contribution is 2.30. The number of amides is 3. The molecule has 8 nitrogen and oxygen atoms in total. The molecule has 1 atom stereocenters. The molecule has 0 aliphatic carbocycles. The quantitative estimate of drug-likeness (QED) is 0.581. The van der Waals surface area contributed by atoms with Crippen LogP contribution in [0.3, 0.4) is 0 Å². The Hall–Kier alpha value is -2.91. The van der Waals surface area contributed by atoms with Crippen LogP contribution in [0.1, 0.15) is 42.6 Å². The minimum Gasteiger partial charge on any atom is -0.355 e. The highest BCUT2D eigenvalue weighted by atomic mass is 35.5. The second-order valence-electron chi connectivity index (χ2n) is 7.60. The van der Waals surface area contributed by atoms with Crippen molar-refractivity contribution in [1.82, 2.24) is 14.5 Å². The minimum atomic E-state index is -4.01. The predicted octanol–water partition coefficient (Wildman–Crippen LogP) is 2.82. The van der Waals surface area contributed by atoms with Gasteiger partial charge in [0.1, 0.15) is 10.9 Å². The van der Waals surface area contributed by atoms with Gasteiger partial charge in [0.05, 0.1) is 5.56 Å². The van der Waals surface area contributed by atoms with Crippen molar-refractivity contribution in [3.8, 4) is 0 Å². The smallest absolute Gasteiger partial charge is 0.269 e. The van der Waals surface area contributed by atoms with Crippen molar-refractivity contribution >= 4 is 39.3 Å². The Morgan fingerprint density at radius 3 is 2.36 bits per heavy atom. The lowest BCUT2D eigenvalue weighted by atomic mass is 10.1. The van der Waals surface area contributed by atoms with Crippen LogP contribution in [-0.2, 0) is 26.2 Å². The summed E-state index contributed by atoms with van der Waals surface area (Å²) in [5, 5.41) is 3.29. The molecule has 0 bridgehead atoms. The van der Waals surface area contributed by atoms with Crippen LogP contribution < -0.4 is 5.32 Å². The molecule has 0 aromatic heterocycles. The Morgan fingerprint density at radius 1 is 1.09 bits per heavy atom.